The van der Waals surface area contributed by atoms with E-state index in [4.69, 9.17) is 44.9 Å². The van der Waals surface area contributed by atoms with Crippen molar-refractivity contribution in [1.29, 1.82) is 0 Å². The van der Waals surface area contributed by atoms with Crippen LogP contribution in [0, 0.1) is 0 Å². The molecule has 0 atom stereocenters. The number of fused-ring (bicyclic) bond motifs is 9. The van der Waals surface area contributed by atoms with E-state index in [9.17, 15) is 0 Å². The van der Waals surface area contributed by atoms with Gasteiger partial charge in [0.15, 0.2) is 40.6 Å². The third-order valence-corrected chi connectivity index (χ3v) is 23.9. The molecule has 7 heterocycles. The van der Waals surface area contributed by atoms with Crippen LogP contribution in [0.25, 0.3) is 220 Å². The van der Waals surface area contributed by atoms with Crippen LogP contribution in [0.2, 0.25) is 0 Å². The van der Waals surface area contributed by atoms with Crippen molar-refractivity contribution in [3.63, 3.8) is 0 Å². The second kappa shape index (κ2) is 30.9. The van der Waals surface area contributed by atoms with E-state index in [0.717, 1.165) is 149 Å². The third kappa shape index (κ3) is 14.1. The van der Waals surface area contributed by atoms with Gasteiger partial charge in [-0.2, -0.15) is 0 Å². The standard InChI is InChI=1S/2C53H33N5S/c1-3-11-34(12-4-1)35-26-30-41(31-27-35)51-56-50(40-13-5-2-6-14-40)57-52(58-51)43-16-9-15-42(33-43)38-22-20-36(21-23-38)37-24-28-39(29-25-37)48-49-47(44-17-7-8-19-46(44)59-49)45-18-10-32-54-53(45)55-48;1-3-10-34(11-4-1)35-26-28-41(29-27-35)51-56-50(40-12-5-2-6-13-40)57-52(58-51)44-15-9-14-42(32-44)38-22-18-36(19-23-38)37-20-24-39(25-21-37)43-30-31-46-47(33-43)54-49-45-16-7-8-17-48(45)59-53(49)55-46/h2*1-33H. The number of hydrogen-bond acceptors (Lipinski definition) is 12. The van der Waals surface area contributed by atoms with Gasteiger partial charge in [-0.05, 0) is 126 Å². The maximum atomic E-state index is 5.09. The normalized spacial score (nSPS) is 11.4. The first-order valence-corrected chi connectivity index (χ1v) is 40.8. The first kappa shape index (κ1) is 70.5. The smallest absolute Gasteiger partial charge is 0.164 e. The molecule has 7 aromatic heterocycles. The van der Waals surface area contributed by atoms with Gasteiger partial charge < -0.3 is 0 Å². The van der Waals surface area contributed by atoms with E-state index >= 15 is 0 Å². The SMILES string of the molecule is c1ccc(-c2ccc(-c3nc(-c4ccccc4)nc(-c4cccc(-c5ccc(-c6ccc(-c7ccc8nc9sc%10ccccc%10c9nc8c7)cc6)cc5)c4)n3)cc2)cc1.c1ccc(-c2ccc(-c3nc(-c4ccccc4)nc(-c4cccc(-c5ccc(-c6ccc(-c7nc8ncccc8c8c7sc7ccccc78)cc6)cc5)c4)n3)cc2)cc1. The Bertz CT molecular complexity index is 7480. The highest BCUT2D eigenvalue weighted by Gasteiger charge is 2.21. The van der Waals surface area contributed by atoms with E-state index in [0.29, 0.717) is 34.9 Å². The molecule has 22 aromatic rings. The van der Waals surface area contributed by atoms with E-state index in [-0.39, 0.29) is 0 Å². The molecule has 22 rings (SSSR count). The van der Waals surface area contributed by atoms with Crippen LogP contribution in [0.15, 0.2) is 401 Å². The molecule has 0 saturated carbocycles. The second-order valence-electron chi connectivity index (χ2n) is 29.0. The minimum Gasteiger partial charge on any atom is -0.243 e. The number of nitrogens with zero attached hydrogens (tertiary/aromatic N) is 10. The summed E-state index contributed by atoms with van der Waals surface area (Å²) in [7, 11) is 0. The van der Waals surface area contributed by atoms with Gasteiger partial charge in [-0.1, -0.05) is 346 Å². The van der Waals surface area contributed by atoms with Crippen LogP contribution >= 0.6 is 22.7 Å². The summed E-state index contributed by atoms with van der Waals surface area (Å²) in [6, 6.07) is 137. The molecule has 0 saturated heterocycles. The maximum Gasteiger partial charge on any atom is 0.164 e. The predicted octanol–water partition coefficient (Wildman–Crippen LogP) is 27.7. The van der Waals surface area contributed by atoms with E-state index in [1.165, 1.54) is 36.0 Å². The molecule has 15 aromatic carbocycles. The molecule has 0 aliphatic heterocycles. The maximum absolute atomic E-state index is 5.09. The molecule has 12 heteroatoms. The van der Waals surface area contributed by atoms with Gasteiger partial charge in [0.2, 0.25) is 0 Å². The molecule has 0 aliphatic rings. The minimum absolute atomic E-state index is 0.629. The molecular formula is C106H66N10S2. The molecule has 0 aliphatic carbocycles. The zero-order valence-electron chi connectivity index (χ0n) is 63.4. The largest absolute Gasteiger partial charge is 0.243 e. The van der Waals surface area contributed by atoms with Gasteiger partial charge in [-0.25, -0.2) is 49.8 Å². The first-order valence-electron chi connectivity index (χ1n) is 39.1. The fourth-order valence-electron chi connectivity index (χ4n) is 15.5. The molecule has 0 unspecified atom stereocenters. The third-order valence-electron chi connectivity index (χ3n) is 21.6. The van der Waals surface area contributed by atoms with Crippen molar-refractivity contribution in [3.8, 4) is 157 Å². The molecule has 10 nitrogen and oxygen atoms in total. The van der Waals surface area contributed by atoms with Crippen molar-refractivity contribution in [2.24, 2.45) is 0 Å². The quantitative estimate of drug-likeness (QED) is 0.104. The van der Waals surface area contributed by atoms with Gasteiger partial charge in [0.1, 0.15) is 10.3 Å². The van der Waals surface area contributed by atoms with Crippen LogP contribution in [0.1, 0.15) is 0 Å². The lowest BCUT2D eigenvalue weighted by Crippen LogP contribution is -2.00. The molecule has 552 valence electrons. The lowest BCUT2D eigenvalue weighted by molar-refractivity contribution is 1.07. The molecular weight excluding hydrogens is 1480 g/mol. The minimum atomic E-state index is 0.629. The highest BCUT2D eigenvalue weighted by atomic mass is 32.1. The van der Waals surface area contributed by atoms with Crippen LogP contribution < -0.4 is 0 Å². The second-order valence-corrected chi connectivity index (χ2v) is 31.1. The van der Waals surface area contributed by atoms with Crippen molar-refractivity contribution in [1.82, 2.24) is 49.8 Å². The number of rotatable bonds is 14. The lowest BCUT2D eigenvalue weighted by Gasteiger charge is -2.11. The number of hydrogen-bond donors (Lipinski definition) is 0. The van der Waals surface area contributed by atoms with Crippen LogP contribution in [-0.4, -0.2) is 49.8 Å². The molecule has 0 N–H and O–H groups in total. The molecule has 0 bridgehead atoms. The van der Waals surface area contributed by atoms with Crippen LogP contribution in [0.4, 0.5) is 0 Å². The summed E-state index contributed by atoms with van der Waals surface area (Å²) >= 11 is 3.49. The summed E-state index contributed by atoms with van der Waals surface area (Å²) in [6.07, 6.45) is 1.82. The van der Waals surface area contributed by atoms with Crippen LogP contribution in [0.3, 0.4) is 0 Å². The monoisotopic (exact) mass is 1540 g/mol. The Labute approximate surface area is 688 Å². The highest BCUT2D eigenvalue weighted by molar-refractivity contribution is 7.26. The lowest BCUT2D eigenvalue weighted by atomic mass is 9.97. The van der Waals surface area contributed by atoms with E-state index in [2.05, 4.69) is 320 Å². The number of pyridine rings is 2. The van der Waals surface area contributed by atoms with Gasteiger partial charge in [0, 0.05) is 76.1 Å². The summed E-state index contributed by atoms with van der Waals surface area (Å²) in [5.41, 5.74) is 27.1. The Morgan fingerprint density at radius 3 is 0.949 bits per heavy atom. The topological polar surface area (TPSA) is 129 Å². The molecule has 0 amide bonds. The zero-order valence-corrected chi connectivity index (χ0v) is 65.0. The molecule has 0 spiro atoms. The first-order chi connectivity index (χ1) is 58.4. The molecule has 0 radical (unpaired) electrons. The van der Waals surface area contributed by atoms with Crippen LogP contribution in [0.5, 0.6) is 0 Å². The van der Waals surface area contributed by atoms with Crippen molar-refractivity contribution in [2.45, 2.75) is 0 Å². The predicted molar refractivity (Wildman–Crippen MR) is 488 cm³/mol. The number of thiophene rings is 2. The van der Waals surface area contributed by atoms with Crippen molar-refractivity contribution < 1.29 is 0 Å². The summed E-state index contributed by atoms with van der Waals surface area (Å²) < 4.78 is 3.65. The summed E-state index contributed by atoms with van der Waals surface area (Å²) in [5.74, 6) is 3.81. The molecule has 118 heavy (non-hydrogen) atoms. The van der Waals surface area contributed by atoms with Crippen molar-refractivity contribution in [2.75, 3.05) is 0 Å². The van der Waals surface area contributed by atoms with Gasteiger partial charge >= 0.3 is 0 Å². The average molecular weight is 1540 g/mol. The number of benzene rings is 15. The Balaban J connectivity index is 0.000000147. The Morgan fingerprint density at radius 1 is 0.186 bits per heavy atom. The summed E-state index contributed by atoms with van der Waals surface area (Å²) in [5, 5.41) is 4.72. The molecule has 0 fully saturated rings. The summed E-state index contributed by atoms with van der Waals surface area (Å²) in [4.78, 5) is 50.6. The average Bonchev–Trinajstić information content (AvgIpc) is 1.58. The van der Waals surface area contributed by atoms with E-state index in [1.807, 2.05) is 85.1 Å². The Morgan fingerprint density at radius 2 is 0.500 bits per heavy atom. The number of aromatic nitrogens is 10. The van der Waals surface area contributed by atoms with Gasteiger partial charge in [0.05, 0.1) is 21.4 Å². The van der Waals surface area contributed by atoms with Crippen LogP contribution in [-0.2, 0) is 0 Å². The highest BCUT2D eigenvalue weighted by Crippen LogP contribution is 2.44. The summed E-state index contributed by atoms with van der Waals surface area (Å²) in [6.45, 7) is 0. The van der Waals surface area contributed by atoms with Gasteiger partial charge in [0.25, 0.3) is 0 Å². The van der Waals surface area contributed by atoms with Crippen molar-refractivity contribution in [3.05, 3.63) is 401 Å². The Hall–Kier alpha value is -15.3. The van der Waals surface area contributed by atoms with Gasteiger partial charge in [-0.15, -0.1) is 22.7 Å². The van der Waals surface area contributed by atoms with E-state index < -0.39 is 0 Å². The fraction of sp³-hybridized carbons (Fsp3) is 0. The van der Waals surface area contributed by atoms with Crippen molar-refractivity contribution >= 4 is 85.3 Å². The van der Waals surface area contributed by atoms with Gasteiger partial charge in [-0.3, -0.25) is 0 Å². The Kier molecular flexibility index (Phi) is 18.4. The zero-order chi connectivity index (χ0) is 78.2. The van der Waals surface area contributed by atoms with E-state index in [1.54, 1.807) is 22.7 Å². The fourth-order valence-corrected chi connectivity index (χ4v) is 17.7.